The number of nitrogens with zero attached hydrogens (tertiary/aromatic N) is 1. The monoisotopic (exact) mass is 266 g/mol. The molecule has 2 aromatic carbocycles. The van der Waals surface area contributed by atoms with E-state index in [0.717, 1.165) is 24.1 Å². The minimum atomic E-state index is -0.185. The van der Waals surface area contributed by atoms with E-state index in [1.165, 1.54) is 0 Å². The minimum absolute atomic E-state index is 0.185. The first-order valence-corrected chi connectivity index (χ1v) is 6.78. The van der Waals surface area contributed by atoms with E-state index < -0.39 is 0 Å². The molecule has 0 bridgehead atoms. The smallest absolute Gasteiger partial charge is 0.267 e. The first kappa shape index (κ1) is 14.0. The maximum absolute atomic E-state index is 12.0. The van der Waals surface area contributed by atoms with Crippen molar-refractivity contribution in [3.05, 3.63) is 71.8 Å². The molecule has 0 aliphatic rings. The lowest BCUT2D eigenvalue weighted by molar-refractivity contribution is 0.0955. The Balaban J connectivity index is 2.12. The largest absolute Gasteiger partial charge is 0.271 e. The van der Waals surface area contributed by atoms with E-state index >= 15 is 0 Å². The summed E-state index contributed by atoms with van der Waals surface area (Å²) in [6.07, 6.45) is 1.81. The molecule has 3 heteroatoms. The number of amides is 1. The van der Waals surface area contributed by atoms with Gasteiger partial charge in [0, 0.05) is 5.56 Å². The zero-order chi connectivity index (χ0) is 14.2. The lowest BCUT2D eigenvalue weighted by atomic mass is 10.1. The molecule has 0 spiro atoms. The molecular weight excluding hydrogens is 248 g/mol. The molecule has 0 aliphatic carbocycles. The van der Waals surface area contributed by atoms with Crippen LogP contribution in [0.1, 0.15) is 35.7 Å². The Morgan fingerprint density at radius 2 is 1.50 bits per heavy atom. The molecule has 0 atom stereocenters. The van der Waals surface area contributed by atoms with Gasteiger partial charge in [0.05, 0.1) is 5.71 Å². The highest BCUT2D eigenvalue weighted by molar-refractivity contribution is 6.02. The Kier molecular flexibility index (Phi) is 5.07. The molecule has 1 amide bonds. The fourth-order valence-electron chi connectivity index (χ4n) is 1.90. The summed E-state index contributed by atoms with van der Waals surface area (Å²) >= 11 is 0. The molecular formula is C17H18N2O. The highest BCUT2D eigenvalue weighted by Crippen LogP contribution is 2.06. The second-order valence-electron chi connectivity index (χ2n) is 4.48. The summed E-state index contributed by atoms with van der Waals surface area (Å²) in [6.45, 7) is 2.09. The van der Waals surface area contributed by atoms with Crippen molar-refractivity contribution in [3.8, 4) is 0 Å². The maximum Gasteiger partial charge on any atom is 0.271 e. The van der Waals surface area contributed by atoms with Crippen molar-refractivity contribution in [2.24, 2.45) is 5.10 Å². The Labute approximate surface area is 119 Å². The lowest BCUT2D eigenvalue weighted by Gasteiger charge is -2.06. The van der Waals surface area contributed by atoms with Crippen LogP contribution in [0.15, 0.2) is 65.8 Å². The number of carbonyl (C=O) groups is 1. The number of nitrogens with one attached hydrogen (secondary N) is 1. The van der Waals surface area contributed by atoms with E-state index in [4.69, 9.17) is 0 Å². The SMILES string of the molecule is CCC/C(=N/NC(=O)c1ccccc1)c1ccccc1. The number of carbonyl (C=O) groups excluding carboxylic acids is 1. The van der Waals surface area contributed by atoms with Crippen LogP contribution in [0.4, 0.5) is 0 Å². The van der Waals surface area contributed by atoms with Gasteiger partial charge >= 0.3 is 0 Å². The summed E-state index contributed by atoms with van der Waals surface area (Å²) < 4.78 is 0. The van der Waals surface area contributed by atoms with E-state index in [9.17, 15) is 4.79 Å². The van der Waals surface area contributed by atoms with Gasteiger partial charge in [-0.3, -0.25) is 4.79 Å². The number of hydrogen-bond donors (Lipinski definition) is 1. The molecule has 0 heterocycles. The summed E-state index contributed by atoms with van der Waals surface area (Å²) in [7, 11) is 0. The Hall–Kier alpha value is -2.42. The zero-order valence-electron chi connectivity index (χ0n) is 11.5. The summed E-state index contributed by atoms with van der Waals surface area (Å²) in [5.41, 5.74) is 5.19. The second kappa shape index (κ2) is 7.24. The highest BCUT2D eigenvalue weighted by Gasteiger charge is 2.05. The lowest BCUT2D eigenvalue weighted by Crippen LogP contribution is -2.20. The van der Waals surface area contributed by atoms with Crippen LogP contribution in [0.3, 0.4) is 0 Å². The number of hydrazone groups is 1. The topological polar surface area (TPSA) is 41.5 Å². The first-order chi connectivity index (χ1) is 9.81. The number of benzene rings is 2. The van der Waals surface area contributed by atoms with Crippen LogP contribution in [-0.2, 0) is 0 Å². The molecule has 2 aromatic rings. The molecule has 102 valence electrons. The van der Waals surface area contributed by atoms with Crippen molar-refractivity contribution in [3.63, 3.8) is 0 Å². The predicted molar refractivity (Wildman–Crippen MR) is 81.8 cm³/mol. The van der Waals surface area contributed by atoms with Gasteiger partial charge in [-0.1, -0.05) is 61.9 Å². The average Bonchev–Trinajstić information content (AvgIpc) is 2.53. The molecule has 0 saturated heterocycles. The molecule has 3 nitrogen and oxygen atoms in total. The van der Waals surface area contributed by atoms with Gasteiger partial charge in [0.15, 0.2) is 0 Å². The molecule has 0 aliphatic heterocycles. The van der Waals surface area contributed by atoms with E-state index in [2.05, 4.69) is 17.5 Å². The van der Waals surface area contributed by atoms with Crippen LogP contribution in [-0.4, -0.2) is 11.6 Å². The summed E-state index contributed by atoms with van der Waals surface area (Å²) in [4.78, 5) is 12.0. The third-order valence-corrected chi connectivity index (χ3v) is 2.92. The standard InChI is InChI=1S/C17H18N2O/c1-2-9-16(14-10-5-3-6-11-14)18-19-17(20)15-12-7-4-8-13-15/h3-8,10-13H,2,9H2,1H3,(H,19,20)/b18-16-. The molecule has 2 rings (SSSR count). The van der Waals surface area contributed by atoms with Gasteiger partial charge < -0.3 is 0 Å². The van der Waals surface area contributed by atoms with E-state index in [1.807, 2.05) is 48.5 Å². The molecule has 0 saturated carbocycles. The van der Waals surface area contributed by atoms with Crippen LogP contribution in [0.25, 0.3) is 0 Å². The summed E-state index contributed by atoms with van der Waals surface area (Å²) in [5.74, 6) is -0.185. The van der Waals surface area contributed by atoms with Gasteiger partial charge in [0.25, 0.3) is 5.91 Å². The quantitative estimate of drug-likeness (QED) is 0.651. The average molecular weight is 266 g/mol. The Morgan fingerprint density at radius 3 is 2.05 bits per heavy atom. The van der Waals surface area contributed by atoms with Crippen LogP contribution >= 0.6 is 0 Å². The van der Waals surface area contributed by atoms with Crippen molar-refractivity contribution < 1.29 is 4.79 Å². The fraction of sp³-hybridized carbons (Fsp3) is 0.176. The van der Waals surface area contributed by atoms with Crippen molar-refractivity contribution in [2.75, 3.05) is 0 Å². The van der Waals surface area contributed by atoms with E-state index in [-0.39, 0.29) is 5.91 Å². The Bertz CT molecular complexity index is 576. The number of rotatable bonds is 5. The summed E-state index contributed by atoms with van der Waals surface area (Å²) in [6, 6.07) is 19.0. The molecule has 0 unspecified atom stereocenters. The van der Waals surface area contributed by atoms with Gasteiger partial charge in [-0.2, -0.15) is 5.10 Å². The first-order valence-electron chi connectivity index (χ1n) is 6.78. The van der Waals surface area contributed by atoms with E-state index in [0.29, 0.717) is 5.56 Å². The van der Waals surface area contributed by atoms with Gasteiger partial charge in [-0.15, -0.1) is 0 Å². The maximum atomic E-state index is 12.0. The van der Waals surface area contributed by atoms with Gasteiger partial charge in [-0.05, 0) is 24.1 Å². The van der Waals surface area contributed by atoms with Crippen molar-refractivity contribution >= 4 is 11.6 Å². The van der Waals surface area contributed by atoms with Crippen molar-refractivity contribution in [1.29, 1.82) is 0 Å². The van der Waals surface area contributed by atoms with Crippen LogP contribution < -0.4 is 5.43 Å². The van der Waals surface area contributed by atoms with Crippen molar-refractivity contribution in [1.82, 2.24) is 5.43 Å². The molecule has 1 N–H and O–H groups in total. The normalized spacial score (nSPS) is 11.2. The van der Waals surface area contributed by atoms with E-state index in [1.54, 1.807) is 12.1 Å². The van der Waals surface area contributed by atoms with Gasteiger partial charge in [0.1, 0.15) is 0 Å². The van der Waals surface area contributed by atoms with Crippen LogP contribution in [0.5, 0.6) is 0 Å². The molecule has 0 fully saturated rings. The fourth-order valence-corrected chi connectivity index (χ4v) is 1.90. The van der Waals surface area contributed by atoms with Gasteiger partial charge in [0.2, 0.25) is 0 Å². The number of hydrogen-bond acceptors (Lipinski definition) is 2. The van der Waals surface area contributed by atoms with Crippen LogP contribution in [0, 0.1) is 0 Å². The molecule has 0 aromatic heterocycles. The molecule has 0 radical (unpaired) electrons. The predicted octanol–water partition coefficient (Wildman–Crippen LogP) is 3.62. The Morgan fingerprint density at radius 1 is 0.950 bits per heavy atom. The molecule has 20 heavy (non-hydrogen) atoms. The van der Waals surface area contributed by atoms with Gasteiger partial charge in [-0.25, -0.2) is 5.43 Å². The third kappa shape index (κ3) is 3.79. The van der Waals surface area contributed by atoms with Crippen LogP contribution in [0.2, 0.25) is 0 Å². The highest BCUT2D eigenvalue weighted by atomic mass is 16.2. The summed E-state index contributed by atoms with van der Waals surface area (Å²) in [5, 5.41) is 4.28. The third-order valence-electron chi connectivity index (χ3n) is 2.92. The minimum Gasteiger partial charge on any atom is -0.267 e. The van der Waals surface area contributed by atoms with Crippen molar-refractivity contribution in [2.45, 2.75) is 19.8 Å². The second-order valence-corrected chi connectivity index (χ2v) is 4.48. The zero-order valence-corrected chi connectivity index (χ0v) is 11.5.